The number of rotatable bonds is 2. The molecule has 2 rings (SSSR count). The molecular formula is C15H21NO. The lowest BCUT2D eigenvalue weighted by Crippen LogP contribution is -2.03. The zero-order chi connectivity index (χ0) is 12.4. The Morgan fingerprint density at radius 1 is 1.12 bits per heavy atom. The highest BCUT2D eigenvalue weighted by atomic mass is 16.5. The van der Waals surface area contributed by atoms with E-state index in [0.717, 1.165) is 18.8 Å². The van der Waals surface area contributed by atoms with E-state index in [1.807, 2.05) is 12.4 Å². The van der Waals surface area contributed by atoms with Crippen LogP contribution in [0.1, 0.15) is 51.2 Å². The van der Waals surface area contributed by atoms with Crippen LogP contribution in [0.25, 0.3) is 5.57 Å². The molecule has 0 aromatic carbocycles. The first-order chi connectivity index (χ1) is 8.11. The van der Waals surface area contributed by atoms with Crippen LogP contribution in [-0.4, -0.2) is 11.6 Å². The topological polar surface area (TPSA) is 22.1 Å². The average molecular weight is 231 g/mol. The van der Waals surface area contributed by atoms with Crippen molar-refractivity contribution in [1.29, 1.82) is 0 Å². The highest BCUT2D eigenvalue weighted by molar-refractivity contribution is 5.74. The molecule has 0 unspecified atom stereocenters. The Labute approximate surface area is 104 Å². The predicted molar refractivity (Wildman–Crippen MR) is 71.3 cm³/mol. The molecule has 2 heterocycles. The standard InChI is InChI=1S/C15H21NO/c1-10(2)12-6-5-7-17-14-9-16-8-13(11(3)4)15(12)14/h6,8-11H,5,7H2,1-4H3. The molecule has 0 saturated carbocycles. The van der Waals surface area contributed by atoms with Crippen molar-refractivity contribution in [2.45, 2.75) is 40.0 Å². The van der Waals surface area contributed by atoms with Crippen LogP contribution < -0.4 is 4.74 Å². The third-order valence-electron chi connectivity index (χ3n) is 3.21. The van der Waals surface area contributed by atoms with Crippen molar-refractivity contribution in [2.75, 3.05) is 6.61 Å². The van der Waals surface area contributed by atoms with Gasteiger partial charge in [-0.3, -0.25) is 4.98 Å². The summed E-state index contributed by atoms with van der Waals surface area (Å²) >= 11 is 0. The molecule has 1 aliphatic rings. The van der Waals surface area contributed by atoms with Crippen molar-refractivity contribution < 1.29 is 4.74 Å². The normalized spacial score (nSPS) is 15.3. The molecule has 0 spiro atoms. The van der Waals surface area contributed by atoms with Crippen molar-refractivity contribution >= 4 is 5.57 Å². The van der Waals surface area contributed by atoms with Crippen LogP contribution in [0.15, 0.2) is 18.5 Å². The molecule has 92 valence electrons. The van der Waals surface area contributed by atoms with Gasteiger partial charge in [-0.15, -0.1) is 0 Å². The smallest absolute Gasteiger partial charge is 0.145 e. The zero-order valence-electron chi connectivity index (χ0n) is 11.2. The van der Waals surface area contributed by atoms with Gasteiger partial charge in [0.25, 0.3) is 0 Å². The van der Waals surface area contributed by atoms with Crippen LogP contribution in [0.4, 0.5) is 0 Å². The Morgan fingerprint density at radius 2 is 1.88 bits per heavy atom. The van der Waals surface area contributed by atoms with Crippen molar-refractivity contribution in [3.8, 4) is 5.75 Å². The number of nitrogens with zero attached hydrogens (tertiary/aromatic N) is 1. The summed E-state index contributed by atoms with van der Waals surface area (Å²) in [5.41, 5.74) is 3.98. The van der Waals surface area contributed by atoms with Crippen molar-refractivity contribution in [2.24, 2.45) is 5.92 Å². The summed E-state index contributed by atoms with van der Waals surface area (Å²) < 4.78 is 5.81. The Morgan fingerprint density at radius 3 is 2.53 bits per heavy atom. The molecule has 2 heteroatoms. The van der Waals surface area contributed by atoms with Gasteiger partial charge in [0.2, 0.25) is 0 Å². The van der Waals surface area contributed by atoms with Crippen LogP contribution in [0, 0.1) is 5.92 Å². The lowest BCUT2D eigenvalue weighted by Gasteiger charge is -2.19. The Bertz CT molecular complexity index is 433. The number of hydrogen-bond donors (Lipinski definition) is 0. The summed E-state index contributed by atoms with van der Waals surface area (Å²) in [6.45, 7) is 9.66. The highest BCUT2D eigenvalue weighted by Gasteiger charge is 2.20. The fourth-order valence-electron chi connectivity index (χ4n) is 2.32. The molecule has 0 N–H and O–H groups in total. The molecule has 0 bridgehead atoms. The summed E-state index contributed by atoms with van der Waals surface area (Å²) in [5, 5.41) is 0. The van der Waals surface area contributed by atoms with E-state index in [2.05, 4.69) is 38.8 Å². The van der Waals surface area contributed by atoms with Gasteiger partial charge in [0.15, 0.2) is 0 Å². The van der Waals surface area contributed by atoms with Gasteiger partial charge in [-0.2, -0.15) is 0 Å². The number of allylic oxidation sites excluding steroid dienone is 1. The molecule has 0 atom stereocenters. The SMILES string of the molecule is CC(C)C1=CCCOc2cncc(C(C)C)c21. The summed E-state index contributed by atoms with van der Waals surface area (Å²) in [6.07, 6.45) is 7.14. The third kappa shape index (κ3) is 2.36. The predicted octanol–water partition coefficient (Wildman–Crippen LogP) is 4.03. The van der Waals surface area contributed by atoms with E-state index >= 15 is 0 Å². The van der Waals surface area contributed by atoms with Gasteiger partial charge in [-0.1, -0.05) is 33.8 Å². The molecule has 1 aromatic rings. The molecule has 0 aliphatic carbocycles. The molecule has 2 nitrogen and oxygen atoms in total. The maximum Gasteiger partial charge on any atom is 0.145 e. The summed E-state index contributed by atoms with van der Waals surface area (Å²) in [7, 11) is 0. The molecule has 0 amide bonds. The minimum atomic E-state index is 0.473. The molecule has 1 aliphatic heterocycles. The van der Waals surface area contributed by atoms with Gasteiger partial charge in [-0.25, -0.2) is 0 Å². The van der Waals surface area contributed by atoms with Gasteiger partial charge in [0.05, 0.1) is 12.8 Å². The highest BCUT2D eigenvalue weighted by Crippen LogP contribution is 2.38. The van der Waals surface area contributed by atoms with Crippen LogP contribution >= 0.6 is 0 Å². The summed E-state index contributed by atoms with van der Waals surface area (Å²) in [6, 6.07) is 0. The quantitative estimate of drug-likeness (QED) is 0.766. The van der Waals surface area contributed by atoms with E-state index in [4.69, 9.17) is 4.74 Å². The number of pyridine rings is 1. The Balaban J connectivity index is 2.61. The number of hydrogen-bond acceptors (Lipinski definition) is 2. The van der Waals surface area contributed by atoms with Gasteiger partial charge in [0.1, 0.15) is 5.75 Å². The molecule has 0 fully saturated rings. The third-order valence-corrected chi connectivity index (χ3v) is 3.21. The van der Waals surface area contributed by atoms with E-state index in [1.54, 1.807) is 0 Å². The molecular weight excluding hydrogens is 210 g/mol. The number of fused-ring (bicyclic) bond motifs is 1. The second-order valence-electron chi connectivity index (χ2n) is 5.21. The van der Waals surface area contributed by atoms with Crippen LogP contribution in [0.3, 0.4) is 0 Å². The van der Waals surface area contributed by atoms with Crippen molar-refractivity contribution in [1.82, 2.24) is 4.98 Å². The Kier molecular flexibility index (Phi) is 3.51. The summed E-state index contributed by atoms with van der Waals surface area (Å²) in [4.78, 5) is 4.30. The van der Waals surface area contributed by atoms with Gasteiger partial charge < -0.3 is 4.74 Å². The fraction of sp³-hybridized carbons (Fsp3) is 0.533. The van der Waals surface area contributed by atoms with Crippen molar-refractivity contribution in [3.63, 3.8) is 0 Å². The lowest BCUT2D eigenvalue weighted by atomic mass is 9.88. The second-order valence-corrected chi connectivity index (χ2v) is 5.21. The molecule has 17 heavy (non-hydrogen) atoms. The van der Waals surface area contributed by atoms with Crippen molar-refractivity contribution in [3.05, 3.63) is 29.6 Å². The van der Waals surface area contributed by atoms with E-state index in [-0.39, 0.29) is 0 Å². The van der Waals surface area contributed by atoms with Crippen LogP contribution in [0.5, 0.6) is 5.75 Å². The first-order valence-corrected chi connectivity index (χ1v) is 6.42. The number of aromatic nitrogens is 1. The first-order valence-electron chi connectivity index (χ1n) is 6.42. The minimum absolute atomic E-state index is 0.473. The number of ether oxygens (including phenoxy) is 1. The summed E-state index contributed by atoms with van der Waals surface area (Å²) in [5.74, 6) is 1.95. The van der Waals surface area contributed by atoms with E-state index in [1.165, 1.54) is 16.7 Å². The first kappa shape index (κ1) is 12.2. The zero-order valence-corrected chi connectivity index (χ0v) is 11.2. The van der Waals surface area contributed by atoms with Gasteiger partial charge >= 0.3 is 0 Å². The minimum Gasteiger partial charge on any atom is -0.491 e. The Hall–Kier alpha value is -1.31. The molecule has 1 aromatic heterocycles. The van der Waals surface area contributed by atoms with E-state index in [0.29, 0.717) is 11.8 Å². The molecule has 0 saturated heterocycles. The lowest BCUT2D eigenvalue weighted by molar-refractivity contribution is 0.325. The maximum absolute atomic E-state index is 5.81. The van der Waals surface area contributed by atoms with Gasteiger partial charge in [-0.05, 0) is 23.0 Å². The monoisotopic (exact) mass is 231 g/mol. The molecule has 0 radical (unpaired) electrons. The van der Waals surface area contributed by atoms with E-state index in [9.17, 15) is 0 Å². The van der Waals surface area contributed by atoms with Crippen LogP contribution in [-0.2, 0) is 0 Å². The second kappa shape index (κ2) is 4.91. The van der Waals surface area contributed by atoms with Gasteiger partial charge in [0, 0.05) is 18.2 Å². The largest absolute Gasteiger partial charge is 0.491 e. The maximum atomic E-state index is 5.81. The fourth-order valence-corrected chi connectivity index (χ4v) is 2.32. The average Bonchev–Trinajstić information content (AvgIpc) is 2.50. The van der Waals surface area contributed by atoms with E-state index < -0.39 is 0 Å². The van der Waals surface area contributed by atoms with Crippen LogP contribution in [0.2, 0.25) is 0 Å².